The molecule has 164 valence electrons. The van der Waals surface area contributed by atoms with Gasteiger partial charge in [-0.15, -0.1) is 0 Å². The van der Waals surface area contributed by atoms with Crippen molar-refractivity contribution >= 4 is 23.2 Å². The molecule has 5 heteroatoms. The second-order valence-corrected chi connectivity index (χ2v) is 8.84. The van der Waals surface area contributed by atoms with Crippen molar-refractivity contribution in [2.24, 2.45) is 0 Å². The molecule has 3 rings (SSSR count). The number of benzene rings is 2. The number of nitrogens with zero attached hydrogens (tertiary/aromatic N) is 1. The predicted molar refractivity (Wildman–Crippen MR) is 126 cm³/mol. The van der Waals surface area contributed by atoms with Crippen molar-refractivity contribution in [1.29, 1.82) is 0 Å². The molecule has 0 spiro atoms. The van der Waals surface area contributed by atoms with Crippen LogP contribution in [0.25, 0.3) is 0 Å². The largest absolute Gasteiger partial charge is 0.489 e. The lowest BCUT2D eigenvalue weighted by molar-refractivity contribution is -0.00477. The summed E-state index contributed by atoms with van der Waals surface area (Å²) in [6.45, 7) is 4.99. The minimum absolute atomic E-state index is 0.188. The second-order valence-electron chi connectivity index (χ2n) is 8.03. The van der Waals surface area contributed by atoms with E-state index >= 15 is 0 Å². The van der Waals surface area contributed by atoms with E-state index in [1.165, 1.54) is 44.9 Å². The molecule has 0 aliphatic carbocycles. The highest BCUT2D eigenvalue weighted by Crippen LogP contribution is 2.26. The number of likely N-dealkylation sites (tertiary alicyclic amines) is 1. The lowest BCUT2D eigenvalue weighted by atomic mass is 10.1. The first-order chi connectivity index (χ1) is 14.7. The molecule has 1 aliphatic rings. The Labute approximate surface area is 191 Å². The number of hydrogen-bond donors (Lipinski definition) is 0. The number of hydrogen-bond acceptors (Lipinski definition) is 3. The maximum Gasteiger partial charge on any atom is 0.152 e. The van der Waals surface area contributed by atoms with Crippen molar-refractivity contribution < 1.29 is 9.47 Å². The summed E-state index contributed by atoms with van der Waals surface area (Å²) < 4.78 is 12.2. The highest BCUT2D eigenvalue weighted by atomic mass is 35.5. The molecular weight excluding hydrogens is 417 g/mol. The molecule has 2 aromatic carbocycles. The van der Waals surface area contributed by atoms with E-state index in [9.17, 15) is 0 Å². The quantitative estimate of drug-likeness (QED) is 0.327. The van der Waals surface area contributed by atoms with Crippen molar-refractivity contribution in [2.45, 2.75) is 71.1 Å². The Morgan fingerprint density at radius 3 is 2.43 bits per heavy atom. The van der Waals surface area contributed by atoms with Gasteiger partial charge in [-0.3, -0.25) is 4.90 Å². The molecule has 1 fully saturated rings. The lowest BCUT2D eigenvalue weighted by Crippen LogP contribution is -2.43. The van der Waals surface area contributed by atoms with Crippen LogP contribution in [-0.4, -0.2) is 24.2 Å². The highest BCUT2D eigenvalue weighted by molar-refractivity contribution is 6.42. The molecule has 0 saturated carbocycles. The Morgan fingerprint density at radius 1 is 0.900 bits per heavy atom. The van der Waals surface area contributed by atoms with Gasteiger partial charge in [-0.1, -0.05) is 61.9 Å². The van der Waals surface area contributed by atoms with Gasteiger partial charge in [0.05, 0.1) is 10.0 Å². The predicted octanol–water partition coefficient (Wildman–Crippen LogP) is 7.73. The average Bonchev–Trinajstić information content (AvgIpc) is 2.76. The Balaban J connectivity index is 1.47. The summed E-state index contributed by atoms with van der Waals surface area (Å²) in [5, 5.41) is 1.10. The fraction of sp³-hybridized carbons (Fsp3) is 0.520. The number of piperidine rings is 1. The van der Waals surface area contributed by atoms with E-state index in [0.29, 0.717) is 16.7 Å². The summed E-state index contributed by atoms with van der Waals surface area (Å²) >= 11 is 12.0. The molecule has 1 aliphatic heterocycles. The van der Waals surface area contributed by atoms with Crippen LogP contribution in [0.4, 0.5) is 0 Å². The van der Waals surface area contributed by atoms with Crippen molar-refractivity contribution in [2.75, 3.05) is 13.1 Å². The van der Waals surface area contributed by atoms with Gasteiger partial charge in [-0.05, 0) is 67.6 Å². The Kier molecular flexibility index (Phi) is 9.64. The zero-order valence-electron chi connectivity index (χ0n) is 17.9. The standard InChI is InChI=1S/C25H33Cl2NO2/c1-2-3-4-5-7-16-28-17-8-6-9-25(28)30-22-13-11-21(12-14-22)29-19-20-10-15-23(26)24(27)18-20/h10-15,18,25H,2-9,16-17,19H2,1H3. The summed E-state index contributed by atoms with van der Waals surface area (Å²) in [6, 6.07) is 13.5. The molecule has 3 nitrogen and oxygen atoms in total. The summed E-state index contributed by atoms with van der Waals surface area (Å²) in [4.78, 5) is 2.52. The van der Waals surface area contributed by atoms with Gasteiger partial charge in [0.25, 0.3) is 0 Å². The third kappa shape index (κ3) is 7.37. The van der Waals surface area contributed by atoms with Crippen LogP contribution in [0.3, 0.4) is 0 Å². The molecule has 0 amide bonds. The number of rotatable bonds is 11. The molecule has 0 radical (unpaired) electrons. The molecule has 1 saturated heterocycles. The Hall–Kier alpha value is -1.42. The molecule has 1 atom stereocenters. The lowest BCUT2D eigenvalue weighted by Gasteiger charge is -2.35. The van der Waals surface area contributed by atoms with Gasteiger partial charge in [0, 0.05) is 13.1 Å². The first kappa shape index (κ1) is 23.2. The molecule has 0 N–H and O–H groups in total. The SMILES string of the molecule is CCCCCCCN1CCCCC1Oc1ccc(OCc2ccc(Cl)c(Cl)c2)cc1. The molecule has 2 aromatic rings. The molecular formula is C25H33Cl2NO2. The van der Waals surface area contributed by atoms with E-state index in [1.807, 2.05) is 36.4 Å². The van der Waals surface area contributed by atoms with Gasteiger partial charge in [0.15, 0.2) is 6.23 Å². The van der Waals surface area contributed by atoms with Crippen LogP contribution in [0.15, 0.2) is 42.5 Å². The van der Waals surface area contributed by atoms with E-state index < -0.39 is 0 Å². The van der Waals surface area contributed by atoms with Crippen LogP contribution >= 0.6 is 23.2 Å². The fourth-order valence-electron chi connectivity index (χ4n) is 3.84. The van der Waals surface area contributed by atoms with Crippen LogP contribution in [0.5, 0.6) is 11.5 Å². The normalized spacial score (nSPS) is 17.1. The van der Waals surface area contributed by atoms with Gasteiger partial charge in [-0.2, -0.15) is 0 Å². The Bertz CT molecular complexity index is 766. The van der Waals surface area contributed by atoms with Gasteiger partial charge >= 0.3 is 0 Å². The smallest absolute Gasteiger partial charge is 0.152 e. The minimum Gasteiger partial charge on any atom is -0.489 e. The van der Waals surface area contributed by atoms with E-state index in [1.54, 1.807) is 6.07 Å². The van der Waals surface area contributed by atoms with Crippen molar-refractivity contribution in [3.8, 4) is 11.5 Å². The highest BCUT2D eigenvalue weighted by Gasteiger charge is 2.23. The van der Waals surface area contributed by atoms with Crippen LogP contribution in [0, 0.1) is 0 Å². The van der Waals surface area contributed by atoms with Gasteiger partial charge < -0.3 is 9.47 Å². The first-order valence-corrected chi connectivity index (χ1v) is 12.0. The van der Waals surface area contributed by atoms with E-state index in [2.05, 4.69) is 11.8 Å². The third-order valence-electron chi connectivity index (χ3n) is 5.59. The van der Waals surface area contributed by atoms with Crippen LogP contribution in [-0.2, 0) is 6.61 Å². The van der Waals surface area contributed by atoms with Crippen molar-refractivity contribution in [1.82, 2.24) is 4.90 Å². The zero-order valence-corrected chi connectivity index (χ0v) is 19.4. The minimum atomic E-state index is 0.188. The zero-order chi connectivity index (χ0) is 21.2. The number of ether oxygens (including phenoxy) is 2. The van der Waals surface area contributed by atoms with Gasteiger partial charge in [0.1, 0.15) is 18.1 Å². The first-order valence-electron chi connectivity index (χ1n) is 11.2. The van der Waals surface area contributed by atoms with Crippen molar-refractivity contribution in [3.05, 3.63) is 58.1 Å². The van der Waals surface area contributed by atoms with E-state index in [0.717, 1.165) is 36.6 Å². The molecule has 1 unspecified atom stereocenters. The summed E-state index contributed by atoms with van der Waals surface area (Å²) in [5.41, 5.74) is 0.988. The van der Waals surface area contributed by atoms with E-state index in [4.69, 9.17) is 32.7 Å². The molecule has 1 heterocycles. The fourth-order valence-corrected chi connectivity index (χ4v) is 4.16. The van der Waals surface area contributed by atoms with E-state index in [-0.39, 0.29) is 6.23 Å². The number of unbranched alkanes of at least 4 members (excludes halogenated alkanes) is 4. The maximum absolute atomic E-state index is 6.33. The number of halogens is 2. The van der Waals surface area contributed by atoms with Gasteiger partial charge in [0.2, 0.25) is 0 Å². The summed E-state index contributed by atoms with van der Waals surface area (Å²) in [6.07, 6.45) is 10.4. The molecule has 30 heavy (non-hydrogen) atoms. The third-order valence-corrected chi connectivity index (χ3v) is 6.33. The topological polar surface area (TPSA) is 21.7 Å². The summed E-state index contributed by atoms with van der Waals surface area (Å²) in [7, 11) is 0. The van der Waals surface area contributed by atoms with Crippen LogP contribution in [0.1, 0.15) is 63.9 Å². The summed E-state index contributed by atoms with van der Waals surface area (Å²) in [5.74, 6) is 1.71. The van der Waals surface area contributed by atoms with Crippen LogP contribution < -0.4 is 9.47 Å². The Morgan fingerprint density at radius 2 is 1.67 bits per heavy atom. The van der Waals surface area contributed by atoms with Gasteiger partial charge in [-0.25, -0.2) is 0 Å². The maximum atomic E-state index is 6.33. The molecule has 0 aromatic heterocycles. The monoisotopic (exact) mass is 449 g/mol. The average molecular weight is 450 g/mol. The van der Waals surface area contributed by atoms with Crippen LogP contribution in [0.2, 0.25) is 10.0 Å². The molecule has 0 bridgehead atoms. The second kappa shape index (κ2) is 12.4. The van der Waals surface area contributed by atoms with Crippen molar-refractivity contribution in [3.63, 3.8) is 0 Å².